The molecule has 0 saturated carbocycles. The second kappa shape index (κ2) is 11.7. The molecule has 3 aromatic carbocycles. The highest BCUT2D eigenvalue weighted by atomic mass is 16.8. The highest BCUT2D eigenvalue weighted by Crippen LogP contribution is 2.38. The van der Waals surface area contributed by atoms with Crippen molar-refractivity contribution in [2.24, 2.45) is 0 Å². The van der Waals surface area contributed by atoms with Crippen LogP contribution in [-0.2, 0) is 28.4 Å². The summed E-state index contributed by atoms with van der Waals surface area (Å²) in [4.78, 5) is 38.9. The van der Waals surface area contributed by atoms with Crippen molar-refractivity contribution in [3.05, 3.63) is 108 Å². The number of hydrogen-bond donors (Lipinski definition) is 1. The minimum atomic E-state index is -2.22. The lowest BCUT2D eigenvalue weighted by Crippen LogP contribution is -2.72. The summed E-state index contributed by atoms with van der Waals surface area (Å²) in [6.45, 7) is -0.812. The average molecular weight is 535 g/mol. The molecular weight excluding hydrogens is 508 g/mol. The van der Waals surface area contributed by atoms with Crippen LogP contribution in [0.5, 0.6) is 0 Å². The Morgan fingerprint density at radius 2 is 1.28 bits per heavy atom. The number of rotatable bonds is 7. The number of aliphatic hydroxyl groups is 1. The number of ether oxygens (including phenoxy) is 6. The van der Waals surface area contributed by atoms with Gasteiger partial charge in [0, 0.05) is 0 Å². The molecule has 0 unspecified atom stereocenters. The molecule has 5 atom stereocenters. The molecule has 0 aliphatic carbocycles. The summed E-state index contributed by atoms with van der Waals surface area (Å²) in [5, 5.41) is 11.6. The second-order valence-corrected chi connectivity index (χ2v) is 8.94. The molecule has 10 heteroatoms. The third kappa shape index (κ3) is 5.84. The molecule has 2 fully saturated rings. The molecule has 2 aliphatic rings. The van der Waals surface area contributed by atoms with Crippen molar-refractivity contribution in [2.45, 2.75) is 30.2 Å². The van der Waals surface area contributed by atoms with Gasteiger partial charge in [0.05, 0.1) is 23.3 Å². The molecule has 10 nitrogen and oxygen atoms in total. The van der Waals surface area contributed by atoms with Gasteiger partial charge in [0.1, 0.15) is 18.8 Å². The molecule has 39 heavy (non-hydrogen) atoms. The first-order valence-corrected chi connectivity index (χ1v) is 12.3. The molecule has 2 saturated heterocycles. The molecule has 0 aromatic heterocycles. The predicted molar refractivity (Wildman–Crippen MR) is 134 cm³/mol. The lowest BCUT2D eigenvalue weighted by atomic mass is 9.90. The Morgan fingerprint density at radius 1 is 0.769 bits per heavy atom. The quantitative estimate of drug-likeness (QED) is 0.357. The van der Waals surface area contributed by atoms with E-state index >= 15 is 0 Å². The Labute approximate surface area is 224 Å². The SMILES string of the molecule is O=C(OC[C@H]1O[C@H]2COCO[C@@]2(O)[C@@H](OC(=O)c2ccccc2)[C@@H]1OC(=O)c1ccccc1)c1ccccc1. The summed E-state index contributed by atoms with van der Waals surface area (Å²) in [5.41, 5.74) is 0.725. The summed E-state index contributed by atoms with van der Waals surface area (Å²) in [7, 11) is 0. The van der Waals surface area contributed by atoms with Crippen LogP contribution in [0.15, 0.2) is 91.0 Å². The van der Waals surface area contributed by atoms with Crippen LogP contribution < -0.4 is 0 Å². The first-order valence-electron chi connectivity index (χ1n) is 12.3. The summed E-state index contributed by atoms with van der Waals surface area (Å²) in [6, 6.07) is 24.6. The number of esters is 3. The van der Waals surface area contributed by atoms with Crippen LogP contribution in [0.3, 0.4) is 0 Å². The van der Waals surface area contributed by atoms with Gasteiger partial charge in [0.25, 0.3) is 0 Å². The Kier molecular flexibility index (Phi) is 7.99. The van der Waals surface area contributed by atoms with Gasteiger partial charge in [0.15, 0.2) is 19.0 Å². The van der Waals surface area contributed by atoms with Crippen LogP contribution >= 0.6 is 0 Å². The Hall–Kier alpha value is -4.09. The molecule has 5 rings (SSSR count). The number of hydrogen-bond acceptors (Lipinski definition) is 10. The lowest BCUT2D eigenvalue weighted by Gasteiger charge is -2.51. The Morgan fingerprint density at radius 3 is 1.85 bits per heavy atom. The van der Waals surface area contributed by atoms with Crippen molar-refractivity contribution in [3.8, 4) is 0 Å². The van der Waals surface area contributed by atoms with Gasteiger partial charge in [-0.3, -0.25) is 0 Å². The fourth-order valence-electron chi connectivity index (χ4n) is 4.39. The van der Waals surface area contributed by atoms with Gasteiger partial charge < -0.3 is 33.5 Å². The van der Waals surface area contributed by atoms with Crippen molar-refractivity contribution in [2.75, 3.05) is 20.0 Å². The molecule has 0 bridgehead atoms. The van der Waals surface area contributed by atoms with E-state index in [9.17, 15) is 19.5 Å². The first kappa shape index (κ1) is 26.5. The van der Waals surface area contributed by atoms with E-state index in [1.807, 2.05) is 0 Å². The van der Waals surface area contributed by atoms with E-state index in [1.54, 1.807) is 78.9 Å². The minimum Gasteiger partial charge on any atom is -0.459 e. The van der Waals surface area contributed by atoms with Crippen LogP contribution in [0.1, 0.15) is 31.1 Å². The van der Waals surface area contributed by atoms with Gasteiger partial charge in [-0.1, -0.05) is 54.6 Å². The van der Waals surface area contributed by atoms with Crippen molar-refractivity contribution >= 4 is 17.9 Å². The van der Waals surface area contributed by atoms with Crippen LogP contribution in [0.2, 0.25) is 0 Å². The Balaban J connectivity index is 1.46. The average Bonchev–Trinajstić information content (AvgIpc) is 2.98. The zero-order valence-electron chi connectivity index (χ0n) is 20.7. The van der Waals surface area contributed by atoms with Gasteiger partial charge >= 0.3 is 17.9 Å². The van der Waals surface area contributed by atoms with E-state index < -0.39 is 48.1 Å². The van der Waals surface area contributed by atoms with Gasteiger partial charge in [0.2, 0.25) is 5.79 Å². The molecule has 1 N–H and O–H groups in total. The van der Waals surface area contributed by atoms with Crippen molar-refractivity contribution in [1.29, 1.82) is 0 Å². The van der Waals surface area contributed by atoms with Gasteiger partial charge in [-0.25, -0.2) is 14.4 Å². The topological polar surface area (TPSA) is 127 Å². The fraction of sp³-hybridized carbons (Fsp3) is 0.276. The van der Waals surface area contributed by atoms with Gasteiger partial charge in [-0.2, -0.15) is 0 Å². The molecule has 2 aliphatic heterocycles. The highest BCUT2D eigenvalue weighted by molar-refractivity contribution is 5.91. The van der Waals surface area contributed by atoms with E-state index in [4.69, 9.17) is 28.4 Å². The van der Waals surface area contributed by atoms with Crippen LogP contribution in [0, 0.1) is 0 Å². The third-order valence-corrected chi connectivity index (χ3v) is 6.40. The van der Waals surface area contributed by atoms with Crippen LogP contribution in [0.4, 0.5) is 0 Å². The zero-order valence-corrected chi connectivity index (χ0v) is 20.7. The van der Waals surface area contributed by atoms with Crippen molar-refractivity contribution < 1.29 is 47.9 Å². The number of benzene rings is 3. The van der Waals surface area contributed by atoms with Crippen LogP contribution in [0.25, 0.3) is 0 Å². The van der Waals surface area contributed by atoms with E-state index in [-0.39, 0.29) is 31.1 Å². The lowest BCUT2D eigenvalue weighted by molar-refractivity contribution is -0.408. The number of fused-ring (bicyclic) bond motifs is 1. The smallest absolute Gasteiger partial charge is 0.338 e. The summed E-state index contributed by atoms with van der Waals surface area (Å²) >= 11 is 0. The first-order chi connectivity index (χ1) is 19.0. The maximum absolute atomic E-state index is 13.1. The van der Waals surface area contributed by atoms with Gasteiger partial charge in [-0.15, -0.1) is 0 Å². The molecule has 0 radical (unpaired) electrons. The number of carbonyl (C=O) groups excluding carboxylic acids is 3. The summed E-state index contributed by atoms with van der Waals surface area (Å²) in [6.07, 6.45) is -5.27. The molecule has 3 aromatic rings. The molecule has 2 heterocycles. The van der Waals surface area contributed by atoms with E-state index in [0.717, 1.165) is 0 Å². The Bertz CT molecular complexity index is 1280. The minimum absolute atomic E-state index is 0.113. The molecule has 0 amide bonds. The third-order valence-electron chi connectivity index (χ3n) is 6.40. The van der Waals surface area contributed by atoms with Crippen molar-refractivity contribution in [3.63, 3.8) is 0 Å². The normalized spacial score (nSPS) is 26.1. The number of carbonyl (C=O) groups is 3. The molecular formula is C29H26O10. The maximum Gasteiger partial charge on any atom is 0.338 e. The summed E-state index contributed by atoms with van der Waals surface area (Å²) < 4.78 is 33.8. The monoisotopic (exact) mass is 534 g/mol. The van der Waals surface area contributed by atoms with E-state index in [2.05, 4.69) is 0 Å². The highest BCUT2D eigenvalue weighted by Gasteiger charge is 2.62. The second-order valence-electron chi connectivity index (χ2n) is 8.94. The van der Waals surface area contributed by atoms with Crippen LogP contribution in [-0.4, -0.2) is 73.2 Å². The molecule has 202 valence electrons. The van der Waals surface area contributed by atoms with Crippen molar-refractivity contribution in [1.82, 2.24) is 0 Å². The largest absolute Gasteiger partial charge is 0.459 e. The maximum atomic E-state index is 13.1. The molecule has 0 spiro atoms. The predicted octanol–water partition coefficient (Wildman–Crippen LogP) is 2.75. The van der Waals surface area contributed by atoms with E-state index in [0.29, 0.717) is 5.56 Å². The standard InChI is InChI=1S/C29H26O10/c30-26(19-10-4-1-5-11-19)35-16-22-24(38-27(31)20-12-6-2-7-13-20)25(29(33)23(37-22)17-34-18-36-29)39-28(32)21-14-8-3-9-15-21/h1-15,22-25,33H,16-18H2/t22-,23+,24-,25+,29-/m1/s1. The van der Waals surface area contributed by atoms with E-state index in [1.165, 1.54) is 12.1 Å². The zero-order chi connectivity index (χ0) is 27.2. The summed E-state index contributed by atoms with van der Waals surface area (Å²) in [5.74, 6) is -4.41. The fourth-order valence-corrected chi connectivity index (χ4v) is 4.39. The van der Waals surface area contributed by atoms with Gasteiger partial charge in [-0.05, 0) is 36.4 Å².